The fourth-order valence-electron chi connectivity index (χ4n) is 2.02. The number of aromatic carboxylic acids is 1. The summed E-state index contributed by atoms with van der Waals surface area (Å²) in [6.07, 6.45) is -5.83. The van der Waals surface area contributed by atoms with Crippen LogP contribution in [0, 0.1) is 0 Å². The van der Waals surface area contributed by atoms with Gasteiger partial charge in [0.1, 0.15) is 24.0 Å². The topological polar surface area (TPSA) is 162 Å². The summed E-state index contributed by atoms with van der Waals surface area (Å²) in [6, 6.07) is 0.651. The molecule has 0 aromatic carbocycles. The van der Waals surface area contributed by atoms with E-state index in [0.717, 1.165) is 0 Å². The van der Waals surface area contributed by atoms with Crippen molar-refractivity contribution in [2.24, 2.45) is 0 Å². The molecule has 1 aromatic heterocycles. The van der Waals surface area contributed by atoms with Crippen LogP contribution in [0.3, 0.4) is 0 Å². The normalized spacial score (nSPS) is 29.6. The minimum absolute atomic E-state index is 0.507. The van der Waals surface area contributed by atoms with Gasteiger partial charge in [-0.05, 0) is 0 Å². The van der Waals surface area contributed by atoms with Crippen LogP contribution >= 0.6 is 0 Å². The van der Waals surface area contributed by atoms with E-state index in [1.165, 1.54) is 0 Å². The van der Waals surface area contributed by atoms with Crippen LogP contribution in [-0.2, 0) is 4.74 Å². The largest absolute Gasteiger partial charge is 0.477 e. The number of ether oxygens (including phenoxy) is 1. The van der Waals surface area contributed by atoms with Crippen LogP contribution in [0.4, 0.5) is 0 Å². The molecule has 1 saturated heterocycles. The van der Waals surface area contributed by atoms with Crippen LogP contribution in [0.25, 0.3) is 0 Å². The zero-order valence-electron chi connectivity index (χ0n) is 9.96. The summed E-state index contributed by atoms with van der Waals surface area (Å²) in [6.45, 7) is -0.630. The first-order valence-corrected chi connectivity index (χ1v) is 5.58. The summed E-state index contributed by atoms with van der Waals surface area (Å²) < 4.78 is 5.57. The zero-order chi connectivity index (χ0) is 15.0. The SMILES string of the molecule is O=C(O)c1cc(=O)[nH]c(=O)n1C1O[C@H](CO)[C@@H](O)[C@H]1O. The van der Waals surface area contributed by atoms with Crippen molar-refractivity contribution in [3.05, 3.63) is 32.6 Å². The number of aliphatic hydroxyl groups is 3. The Morgan fingerprint density at radius 2 is 2.00 bits per heavy atom. The Bertz CT molecular complexity index is 635. The second-order valence-corrected chi connectivity index (χ2v) is 4.23. The molecule has 0 radical (unpaired) electrons. The predicted octanol–water partition coefficient (Wildman–Crippen LogP) is -3.15. The molecule has 1 aliphatic rings. The van der Waals surface area contributed by atoms with Crippen LogP contribution < -0.4 is 11.2 Å². The molecule has 0 saturated carbocycles. The Hall–Kier alpha value is -2.01. The lowest BCUT2D eigenvalue weighted by atomic mass is 10.1. The molecule has 2 heterocycles. The van der Waals surface area contributed by atoms with E-state index in [2.05, 4.69) is 0 Å². The molecule has 0 amide bonds. The molecule has 20 heavy (non-hydrogen) atoms. The Kier molecular flexibility index (Phi) is 3.72. The Labute approximate surface area is 110 Å². The van der Waals surface area contributed by atoms with Gasteiger partial charge in [-0.25, -0.2) is 9.59 Å². The molecule has 1 fully saturated rings. The molecule has 110 valence electrons. The lowest BCUT2D eigenvalue weighted by molar-refractivity contribution is -0.0562. The number of nitrogens with one attached hydrogen (secondary N) is 1. The van der Waals surface area contributed by atoms with Crippen molar-refractivity contribution in [3.8, 4) is 0 Å². The highest BCUT2D eigenvalue weighted by Crippen LogP contribution is 2.28. The third kappa shape index (κ3) is 2.25. The van der Waals surface area contributed by atoms with Gasteiger partial charge < -0.3 is 25.2 Å². The van der Waals surface area contributed by atoms with Gasteiger partial charge in [0, 0.05) is 6.07 Å². The molecule has 0 spiro atoms. The summed E-state index contributed by atoms with van der Waals surface area (Å²) in [4.78, 5) is 35.7. The second kappa shape index (κ2) is 5.17. The van der Waals surface area contributed by atoms with Crippen LogP contribution in [0.1, 0.15) is 16.7 Å². The number of H-pyrrole nitrogens is 1. The maximum Gasteiger partial charge on any atom is 0.352 e. The summed E-state index contributed by atoms with van der Waals surface area (Å²) in [5.41, 5.74) is -2.73. The van der Waals surface area contributed by atoms with Crippen molar-refractivity contribution >= 4 is 5.97 Å². The summed E-state index contributed by atoms with van der Waals surface area (Å²) in [7, 11) is 0. The lowest BCUT2D eigenvalue weighted by Crippen LogP contribution is -2.40. The Morgan fingerprint density at radius 3 is 2.50 bits per heavy atom. The summed E-state index contributed by atoms with van der Waals surface area (Å²) >= 11 is 0. The average Bonchev–Trinajstić information content (AvgIpc) is 2.65. The maximum atomic E-state index is 11.7. The van der Waals surface area contributed by atoms with Gasteiger partial charge in [-0.15, -0.1) is 0 Å². The Morgan fingerprint density at radius 1 is 1.35 bits per heavy atom. The van der Waals surface area contributed by atoms with Gasteiger partial charge in [0.05, 0.1) is 6.61 Å². The third-order valence-electron chi connectivity index (χ3n) is 2.97. The summed E-state index contributed by atoms with van der Waals surface area (Å²) in [5.74, 6) is -1.58. The number of hydrogen-bond acceptors (Lipinski definition) is 7. The molecule has 2 rings (SSSR count). The highest BCUT2D eigenvalue weighted by Gasteiger charge is 2.44. The zero-order valence-corrected chi connectivity index (χ0v) is 9.96. The van der Waals surface area contributed by atoms with E-state index >= 15 is 0 Å². The highest BCUT2D eigenvalue weighted by molar-refractivity contribution is 5.85. The smallest absolute Gasteiger partial charge is 0.352 e. The van der Waals surface area contributed by atoms with E-state index in [0.29, 0.717) is 10.6 Å². The van der Waals surface area contributed by atoms with Crippen molar-refractivity contribution in [2.75, 3.05) is 6.61 Å². The number of rotatable bonds is 3. The highest BCUT2D eigenvalue weighted by atomic mass is 16.6. The Balaban J connectivity index is 2.56. The van der Waals surface area contributed by atoms with Gasteiger partial charge in [0.15, 0.2) is 6.23 Å². The van der Waals surface area contributed by atoms with Crippen LogP contribution in [0.2, 0.25) is 0 Å². The third-order valence-corrected chi connectivity index (χ3v) is 2.97. The van der Waals surface area contributed by atoms with Gasteiger partial charge in [-0.2, -0.15) is 0 Å². The average molecular weight is 288 g/mol. The van der Waals surface area contributed by atoms with Gasteiger partial charge in [-0.3, -0.25) is 14.3 Å². The van der Waals surface area contributed by atoms with Crippen molar-refractivity contribution in [1.29, 1.82) is 0 Å². The molecule has 10 heteroatoms. The van der Waals surface area contributed by atoms with E-state index < -0.39 is 54.1 Å². The van der Waals surface area contributed by atoms with Crippen molar-refractivity contribution in [1.82, 2.24) is 9.55 Å². The van der Waals surface area contributed by atoms with Crippen molar-refractivity contribution in [3.63, 3.8) is 0 Å². The number of carboxylic acid groups (broad SMARTS) is 1. The fourth-order valence-corrected chi connectivity index (χ4v) is 2.02. The predicted molar refractivity (Wildman–Crippen MR) is 61.3 cm³/mol. The first-order chi connectivity index (χ1) is 9.36. The first-order valence-electron chi connectivity index (χ1n) is 5.58. The molecule has 5 N–H and O–H groups in total. The molecule has 4 atom stereocenters. The quantitative estimate of drug-likeness (QED) is 0.389. The van der Waals surface area contributed by atoms with Crippen LogP contribution in [0.15, 0.2) is 15.7 Å². The lowest BCUT2D eigenvalue weighted by Gasteiger charge is -2.19. The molecule has 1 aliphatic heterocycles. The minimum atomic E-state index is -1.63. The monoisotopic (exact) mass is 288 g/mol. The number of hydrogen-bond donors (Lipinski definition) is 5. The standard InChI is InChI=1S/C10H12N2O8/c13-2-4-6(15)7(16)8(20-4)12-3(9(17)18)1-5(14)11-10(12)19/h1,4,6-8,13,15-16H,2H2,(H,17,18)(H,11,14,19)/t4-,6-,7-,8?/m1/s1. The van der Waals surface area contributed by atoms with E-state index in [1.807, 2.05) is 4.98 Å². The number of carbonyl (C=O) groups is 1. The molecule has 0 bridgehead atoms. The van der Waals surface area contributed by atoms with E-state index in [1.54, 1.807) is 0 Å². The first kappa shape index (κ1) is 14.4. The van der Waals surface area contributed by atoms with Gasteiger partial charge in [0.25, 0.3) is 5.56 Å². The molecule has 0 aliphatic carbocycles. The second-order valence-electron chi connectivity index (χ2n) is 4.23. The molecule has 1 aromatic rings. The summed E-state index contributed by atoms with van der Waals surface area (Å²) in [5, 5.41) is 37.3. The molecular formula is C10H12N2O8. The fraction of sp³-hybridized carbons (Fsp3) is 0.500. The van der Waals surface area contributed by atoms with Crippen molar-refractivity contribution < 1.29 is 30.0 Å². The molecule has 1 unspecified atom stereocenters. The number of aromatic nitrogens is 2. The molecular weight excluding hydrogens is 276 g/mol. The number of nitrogens with zero attached hydrogens (tertiary/aromatic N) is 1. The van der Waals surface area contributed by atoms with Gasteiger partial charge in [-0.1, -0.05) is 0 Å². The minimum Gasteiger partial charge on any atom is -0.477 e. The number of aromatic amines is 1. The van der Waals surface area contributed by atoms with E-state index in [9.17, 15) is 24.6 Å². The number of aliphatic hydroxyl groups excluding tert-OH is 3. The van der Waals surface area contributed by atoms with Crippen LogP contribution in [0.5, 0.6) is 0 Å². The van der Waals surface area contributed by atoms with Gasteiger partial charge in [0.2, 0.25) is 0 Å². The molecule has 10 nitrogen and oxygen atoms in total. The van der Waals surface area contributed by atoms with E-state index in [-0.39, 0.29) is 0 Å². The van der Waals surface area contributed by atoms with Crippen molar-refractivity contribution in [2.45, 2.75) is 24.5 Å². The van der Waals surface area contributed by atoms with Gasteiger partial charge >= 0.3 is 11.7 Å². The van der Waals surface area contributed by atoms with E-state index in [4.69, 9.17) is 14.9 Å². The van der Waals surface area contributed by atoms with Crippen LogP contribution in [-0.4, -0.2) is 60.9 Å². The maximum absolute atomic E-state index is 11.7. The number of carboxylic acids is 1.